The number of hydrogen-bond acceptors (Lipinski definition) is 1. The minimum absolute atomic E-state index is 0.00250. The average molecular weight is 193 g/mol. The summed E-state index contributed by atoms with van der Waals surface area (Å²) < 4.78 is 13.4. The fraction of sp³-hybridized carbons (Fsp3) is 0.364. The number of nitrogens with one attached hydrogen (secondary N) is 1. The van der Waals surface area contributed by atoms with Crippen LogP contribution in [0.15, 0.2) is 10.9 Å². The smallest absolute Gasteiger partial charge is 0.251 e. The van der Waals surface area contributed by atoms with E-state index in [1.54, 1.807) is 6.92 Å². The summed E-state index contributed by atoms with van der Waals surface area (Å²) in [6.45, 7) is 5.36. The van der Waals surface area contributed by atoms with E-state index >= 15 is 0 Å². The molecule has 0 amide bonds. The van der Waals surface area contributed by atoms with Crippen molar-refractivity contribution in [1.29, 1.82) is 0 Å². The third-order valence-corrected chi connectivity index (χ3v) is 1.86. The van der Waals surface area contributed by atoms with Gasteiger partial charge < -0.3 is 4.98 Å². The Hall–Kier alpha value is -1.56. The summed E-state index contributed by atoms with van der Waals surface area (Å²) in [7, 11) is 0. The first-order valence-electron chi connectivity index (χ1n) is 4.41. The molecule has 1 aromatic rings. The number of rotatable bonds is 1. The van der Waals surface area contributed by atoms with Crippen LogP contribution >= 0.6 is 0 Å². The lowest BCUT2D eigenvalue weighted by molar-refractivity contribution is 0.591. The molecule has 0 aromatic carbocycles. The Morgan fingerprint density at radius 2 is 2.14 bits per heavy atom. The molecule has 74 valence electrons. The molecule has 14 heavy (non-hydrogen) atoms. The second kappa shape index (κ2) is 4.10. The summed E-state index contributed by atoms with van der Waals surface area (Å²) in [5.74, 6) is 4.86. The van der Waals surface area contributed by atoms with Crippen LogP contribution in [-0.2, 0) is 0 Å². The van der Waals surface area contributed by atoms with E-state index in [-0.39, 0.29) is 5.92 Å². The van der Waals surface area contributed by atoms with E-state index in [2.05, 4.69) is 16.8 Å². The molecule has 0 fully saturated rings. The Balaban J connectivity index is 3.49. The van der Waals surface area contributed by atoms with E-state index in [4.69, 9.17) is 0 Å². The molecule has 0 unspecified atom stereocenters. The third-order valence-electron chi connectivity index (χ3n) is 1.86. The van der Waals surface area contributed by atoms with E-state index in [0.29, 0.717) is 11.3 Å². The number of H-pyrrole nitrogens is 1. The fourth-order valence-corrected chi connectivity index (χ4v) is 1.33. The number of pyridine rings is 1. The van der Waals surface area contributed by atoms with Crippen LogP contribution in [0.1, 0.15) is 37.9 Å². The Morgan fingerprint density at radius 1 is 1.50 bits per heavy atom. The number of aromatic amines is 1. The van der Waals surface area contributed by atoms with Crippen LogP contribution in [0.25, 0.3) is 0 Å². The van der Waals surface area contributed by atoms with Crippen molar-refractivity contribution in [2.24, 2.45) is 0 Å². The molecule has 1 heterocycles. The Bertz CT molecular complexity index is 449. The molecule has 0 saturated carbocycles. The minimum atomic E-state index is -0.485. The Kier molecular flexibility index (Phi) is 3.08. The molecule has 0 bridgehead atoms. The molecule has 0 saturated heterocycles. The lowest BCUT2D eigenvalue weighted by atomic mass is 10.0. The molecule has 0 aliphatic carbocycles. The second-order valence-electron chi connectivity index (χ2n) is 3.30. The summed E-state index contributed by atoms with van der Waals surface area (Å²) in [5, 5.41) is 0. The molecule has 2 nitrogen and oxygen atoms in total. The van der Waals surface area contributed by atoms with Gasteiger partial charge in [0, 0.05) is 11.6 Å². The molecule has 1 N–H and O–H groups in total. The maximum absolute atomic E-state index is 13.4. The highest BCUT2D eigenvalue weighted by molar-refractivity contribution is 5.37. The largest absolute Gasteiger partial charge is 0.315 e. The van der Waals surface area contributed by atoms with Gasteiger partial charge in [-0.25, -0.2) is 4.39 Å². The van der Waals surface area contributed by atoms with Crippen molar-refractivity contribution in [3.05, 3.63) is 33.5 Å². The summed E-state index contributed by atoms with van der Waals surface area (Å²) >= 11 is 0. The van der Waals surface area contributed by atoms with Crippen molar-refractivity contribution in [2.75, 3.05) is 0 Å². The lowest BCUT2D eigenvalue weighted by Crippen LogP contribution is -2.12. The summed E-state index contributed by atoms with van der Waals surface area (Å²) in [6.07, 6.45) is 0. The maximum Gasteiger partial charge on any atom is 0.251 e. The van der Waals surface area contributed by atoms with Crippen molar-refractivity contribution < 1.29 is 4.39 Å². The Morgan fingerprint density at radius 3 is 2.64 bits per heavy atom. The molecular formula is C11H12FNO. The predicted molar refractivity (Wildman–Crippen MR) is 53.7 cm³/mol. The summed E-state index contributed by atoms with van der Waals surface area (Å²) in [4.78, 5) is 13.5. The minimum Gasteiger partial charge on any atom is -0.315 e. The number of hydrogen-bond donors (Lipinski definition) is 1. The van der Waals surface area contributed by atoms with Crippen LogP contribution in [-0.4, -0.2) is 4.98 Å². The van der Waals surface area contributed by atoms with Gasteiger partial charge in [-0.3, -0.25) is 4.79 Å². The van der Waals surface area contributed by atoms with Crippen molar-refractivity contribution in [3.63, 3.8) is 0 Å². The van der Waals surface area contributed by atoms with Gasteiger partial charge in [-0.05, 0) is 18.8 Å². The highest BCUT2D eigenvalue weighted by atomic mass is 19.1. The summed E-state index contributed by atoms with van der Waals surface area (Å²) in [5.41, 5.74) is 0.399. The van der Waals surface area contributed by atoms with Gasteiger partial charge in [0.25, 0.3) is 5.56 Å². The van der Waals surface area contributed by atoms with E-state index in [0.717, 1.165) is 6.07 Å². The molecule has 0 atom stereocenters. The standard InChI is InChI=1S/C11H12FNO/c1-4-5-9-11(7(2)3)8(12)6-10(14)13-9/h6-7H,1-3H3,(H,13,14). The Labute approximate surface area is 82.2 Å². The van der Waals surface area contributed by atoms with Gasteiger partial charge in [0.2, 0.25) is 0 Å². The van der Waals surface area contributed by atoms with E-state index in [1.165, 1.54) is 0 Å². The maximum atomic E-state index is 13.4. The third kappa shape index (κ3) is 2.02. The first-order valence-corrected chi connectivity index (χ1v) is 4.41. The number of halogens is 1. The monoisotopic (exact) mass is 193 g/mol. The molecular weight excluding hydrogens is 181 g/mol. The van der Waals surface area contributed by atoms with Gasteiger partial charge in [-0.15, -0.1) is 0 Å². The zero-order chi connectivity index (χ0) is 10.7. The van der Waals surface area contributed by atoms with E-state index < -0.39 is 11.4 Å². The molecule has 0 aliphatic rings. The second-order valence-corrected chi connectivity index (χ2v) is 3.30. The van der Waals surface area contributed by atoms with Gasteiger partial charge in [0.15, 0.2) is 0 Å². The average Bonchev–Trinajstić information content (AvgIpc) is 2.01. The highest BCUT2D eigenvalue weighted by Crippen LogP contribution is 2.19. The molecule has 1 rings (SSSR count). The molecule has 0 aliphatic heterocycles. The number of aromatic nitrogens is 1. The molecule has 3 heteroatoms. The SMILES string of the molecule is CC#Cc1[nH]c(=O)cc(F)c1C(C)C. The topological polar surface area (TPSA) is 32.9 Å². The van der Waals surface area contributed by atoms with Crippen LogP contribution in [0.4, 0.5) is 4.39 Å². The zero-order valence-electron chi connectivity index (χ0n) is 8.44. The van der Waals surface area contributed by atoms with Gasteiger partial charge in [0.05, 0.1) is 5.69 Å². The van der Waals surface area contributed by atoms with Crippen molar-refractivity contribution in [2.45, 2.75) is 26.7 Å². The zero-order valence-corrected chi connectivity index (χ0v) is 8.44. The van der Waals surface area contributed by atoms with E-state index in [9.17, 15) is 9.18 Å². The van der Waals surface area contributed by atoms with Gasteiger partial charge in [-0.2, -0.15) is 0 Å². The van der Waals surface area contributed by atoms with Crippen LogP contribution in [0, 0.1) is 17.7 Å². The van der Waals surface area contributed by atoms with E-state index in [1.807, 2.05) is 13.8 Å². The van der Waals surface area contributed by atoms with Gasteiger partial charge >= 0.3 is 0 Å². The highest BCUT2D eigenvalue weighted by Gasteiger charge is 2.12. The molecule has 0 spiro atoms. The van der Waals surface area contributed by atoms with Crippen LogP contribution in [0.5, 0.6) is 0 Å². The quantitative estimate of drug-likeness (QED) is 0.680. The normalized spacial score (nSPS) is 9.79. The summed E-state index contributed by atoms with van der Waals surface area (Å²) in [6, 6.07) is 0.955. The molecule has 1 aromatic heterocycles. The van der Waals surface area contributed by atoms with Crippen molar-refractivity contribution in [3.8, 4) is 11.8 Å². The first kappa shape index (κ1) is 10.5. The van der Waals surface area contributed by atoms with Crippen LogP contribution in [0.3, 0.4) is 0 Å². The van der Waals surface area contributed by atoms with Crippen LogP contribution < -0.4 is 5.56 Å². The van der Waals surface area contributed by atoms with Gasteiger partial charge in [0.1, 0.15) is 5.82 Å². The van der Waals surface area contributed by atoms with Gasteiger partial charge in [-0.1, -0.05) is 19.8 Å². The van der Waals surface area contributed by atoms with Crippen molar-refractivity contribution in [1.82, 2.24) is 4.98 Å². The lowest BCUT2D eigenvalue weighted by Gasteiger charge is -2.08. The van der Waals surface area contributed by atoms with Crippen molar-refractivity contribution >= 4 is 0 Å². The fourth-order valence-electron chi connectivity index (χ4n) is 1.33. The first-order chi connectivity index (χ1) is 6.56. The predicted octanol–water partition coefficient (Wildman–Crippen LogP) is 2.01. The van der Waals surface area contributed by atoms with Crippen LogP contribution in [0.2, 0.25) is 0 Å². The molecule has 0 radical (unpaired) electrons.